The Kier molecular flexibility index (Phi) is 2.36. The van der Waals surface area contributed by atoms with E-state index in [1.165, 1.54) is 0 Å². The van der Waals surface area contributed by atoms with Gasteiger partial charge >= 0.3 is 0 Å². The molecule has 2 rings (SSSR count). The lowest BCUT2D eigenvalue weighted by Gasteiger charge is -2.08. The van der Waals surface area contributed by atoms with Crippen LogP contribution in [0.4, 0.5) is 0 Å². The summed E-state index contributed by atoms with van der Waals surface area (Å²) in [5.74, 6) is 0.879. The van der Waals surface area contributed by atoms with Crippen molar-refractivity contribution in [3.05, 3.63) is 11.8 Å². The number of allylic oxidation sites excluding steroid dienone is 1. The third-order valence-electron chi connectivity index (χ3n) is 2.79. The Morgan fingerprint density at radius 2 is 2.38 bits per heavy atom. The largest absolute Gasteiger partial charge is 0.490 e. The summed E-state index contributed by atoms with van der Waals surface area (Å²) in [6.45, 7) is 0.667. The number of carbonyl (C=O) groups excluding carboxylic acids is 1. The van der Waals surface area contributed by atoms with Gasteiger partial charge in [-0.1, -0.05) is 0 Å². The third kappa shape index (κ3) is 1.75. The molecular formula is C10H15NO2. The highest BCUT2D eigenvalue weighted by Crippen LogP contribution is 2.28. The summed E-state index contributed by atoms with van der Waals surface area (Å²) >= 11 is 0. The van der Waals surface area contributed by atoms with Gasteiger partial charge in [0.1, 0.15) is 0 Å². The molecule has 3 heteroatoms. The number of hydrogen-bond donors (Lipinski definition) is 1. The second kappa shape index (κ2) is 3.50. The van der Waals surface area contributed by atoms with Crippen molar-refractivity contribution in [3.8, 4) is 0 Å². The lowest BCUT2D eigenvalue weighted by molar-refractivity contribution is -0.122. The molecule has 72 valence electrons. The lowest BCUT2D eigenvalue weighted by atomic mass is 10.0. The second-order valence-corrected chi connectivity index (χ2v) is 3.84. The summed E-state index contributed by atoms with van der Waals surface area (Å²) in [5, 5.41) is 0. The molecular weight excluding hydrogens is 166 g/mol. The Labute approximate surface area is 77.9 Å². The van der Waals surface area contributed by atoms with Gasteiger partial charge in [0, 0.05) is 18.4 Å². The molecule has 2 aliphatic rings. The summed E-state index contributed by atoms with van der Waals surface area (Å²) in [7, 11) is 0. The topological polar surface area (TPSA) is 52.3 Å². The molecule has 1 saturated carbocycles. The molecule has 0 aromatic carbocycles. The Morgan fingerprint density at radius 3 is 2.92 bits per heavy atom. The molecule has 0 aromatic rings. The molecule has 3 nitrogen and oxygen atoms in total. The first-order valence-electron chi connectivity index (χ1n) is 4.90. The van der Waals surface area contributed by atoms with E-state index in [2.05, 4.69) is 0 Å². The van der Waals surface area contributed by atoms with Crippen LogP contribution in [0.25, 0.3) is 0 Å². The van der Waals surface area contributed by atoms with Crippen LogP contribution in [-0.2, 0) is 9.53 Å². The first-order chi connectivity index (χ1) is 6.27. The lowest BCUT2D eigenvalue weighted by Crippen LogP contribution is -2.19. The first-order valence-corrected chi connectivity index (χ1v) is 4.90. The second-order valence-electron chi connectivity index (χ2n) is 3.84. The number of carbonyl (C=O) groups is 1. The fourth-order valence-corrected chi connectivity index (χ4v) is 2.05. The highest BCUT2D eigenvalue weighted by atomic mass is 16.5. The molecule has 2 N–H and O–H groups in total. The number of Topliss-reactive ketones (excluding diaryl/α,β-unsaturated/α-hetero) is 1. The zero-order valence-electron chi connectivity index (χ0n) is 7.66. The number of nitrogens with two attached hydrogens (primary N) is 1. The van der Waals surface area contributed by atoms with E-state index >= 15 is 0 Å². The highest BCUT2D eigenvalue weighted by molar-refractivity contribution is 5.95. The van der Waals surface area contributed by atoms with Gasteiger partial charge in [0.25, 0.3) is 0 Å². The van der Waals surface area contributed by atoms with E-state index in [9.17, 15) is 4.79 Å². The van der Waals surface area contributed by atoms with Crippen LogP contribution in [0.15, 0.2) is 11.8 Å². The van der Waals surface area contributed by atoms with Crippen molar-refractivity contribution in [2.24, 2.45) is 11.7 Å². The predicted molar refractivity (Wildman–Crippen MR) is 49.0 cm³/mol. The summed E-state index contributed by atoms with van der Waals surface area (Å²) in [6.07, 6.45) is 5.51. The van der Waals surface area contributed by atoms with Gasteiger partial charge in [0.2, 0.25) is 0 Å². The summed E-state index contributed by atoms with van der Waals surface area (Å²) < 4.78 is 5.23. The first kappa shape index (κ1) is 8.75. The van der Waals surface area contributed by atoms with Crippen molar-refractivity contribution in [3.63, 3.8) is 0 Å². The minimum atomic E-state index is 0.124. The number of ether oxygens (including phenoxy) is 1. The molecule has 2 unspecified atom stereocenters. The SMILES string of the molecule is NC1CCC(C(=O)C2=CCCO2)C1. The molecule has 0 spiro atoms. The smallest absolute Gasteiger partial charge is 0.200 e. The van der Waals surface area contributed by atoms with Crippen molar-refractivity contribution < 1.29 is 9.53 Å². The Bertz CT molecular complexity index is 247. The van der Waals surface area contributed by atoms with Crippen LogP contribution in [0.1, 0.15) is 25.7 Å². The monoisotopic (exact) mass is 181 g/mol. The molecule has 0 aromatic heterocycles. The van der Waals surface area contributed by atoms with Gasteiger partial charge in [0.05, 0.1) is 6.61 Å². The Balaban J connectivity index is 1.97. The van der Waals surface area contributed by atoms with Crippen molar-refractivity contribution >= 4 is 5.78 Å². The Hall–Kier alpha value is -0.830. The van der Waals surface area contributed by atoms with Crippen LogP contribution in [0, 0.1) is 5.92 Å². The molecule has 0 bridgehead atoms. The van der Waals surface area contributed by atoms with E-state index in [0.717, 1.165) is 25.7 Å². The van der Waals surface area contributed by atoms with Crippen molar-refractivity contribution in [2.75, 3.05) is 6.61 Å². The fraction of sp³-hybridized carbons (Fsp3) is 0.700. The average Bonchev–Trinajstić information content (AvgIpc) is 2.72. The number of rotatable bonds is 2. The van der Waals surface area contributed by atoms with E-state index in [1.54, 1.807) is 0 Å². The zero-order valence-corrected chi connectivity index (χ0v) is 7.66. The molecule has 0 amide bonds. The predicted octanol–water partition coefficient (Wildman–Crippen LogP) is 0.987. The standard InChI is InChI=1S/C10H15NO2/c11-8-4-3-7(6-8)10(12)9-2-1-5-13-9/h2,7-8H,1,3-6,11H2. The number of ketones is 1. The van der Waals surface area contributed by atoms with Gasteiger partial charge in [-0.2, -0.15) is 0 Å². The van der Waals surface area contributed by atoms with Crippen LogP contribution in [0.5, 0.6) is 0 Å². The van der Waals surface area contributed by atoms with E-state index in [1.807, 2.05) is 6.08 Å². The van der Waals surface area contributed by atoms with Gasteiger partial charge in [-0.05, 0) is 25.3 Å². The fourth-order valence-electron chi connectivity index (χ4n) is 2.05. The minimum absolute atomic E-state index is 0.124. The van der Waals surface area contributed by atoms with Gasteiger partial charge in [0.15, 0.2) is 11.5 Å². The molecule has 2 atom stereocenters. The summed E-state index contributed by atoms with van der Waals surface area (Å²) in [5.41, 5.74) is 5.75. The quantitative estimate of drug-likeness (QED) is 0.691. The van der Waals surface area contributed by atoms with Gasteiger partial charge in [-0.25, -0.2) is 0 Å². The van der Waals surface area contributed by atoms with Crippen LogP contribution < -0.4 is 5.73 Å². The van der Waals surface area contributed by atoms with Crippen LogP contribution in [0.3, 0.4) is 0 Å². The molecule has 1 fully saturated rings. The van der Waals surface area contributed by atoms with E-state index in [4.69, 9.17) is 10.5 Å². The summed E-state index contributed by atoms with van der Waals surface area (Å²) in [6, 6.07) is 0.218. The maximum atomic E-state index is 11.7. The Morgan fingerprint density at radius 1 is 1.54 bits per heavy atom. The summed E-state index contributed by atoms with van der Waals surface area (Å²) in [4.78, 5) is 11.7. The van der Waals surface area contributed by atoms with E-state index in [-0.39, 0.29) is 17.7 Å². The van der Waals surface area contributed by atoms with Crippen LogP contribution >= 0.6 is 0 Å². The normalized spacial score (nSPS) is 32.8. The van der Waals surface area contributed by atoms with Crippen molar-refractivity contribution in [1.29, 1.82) is 0 Å². The molecule has 13 heavy (non-hydrogen) atoms. The third-order valence-corrected chi connectivity index (χ3v) is 2.79. The maximum Gasteiger partial charge on any atom is 0.200 e. The average molecular weight is 181 g/mol. The molecule has 0 saturated heterocycles. The van der Waals surface area contributed by atoms with Crippen LogP contribution in [-0.4, -0.2) is 18.4 Å². The van der Waals surface area contributed by atoms with Crippen molar-refractivity contribution in [2.45, 2.75) is 31.7 Å². The minimum Gasteiger partial charge on any atom is -0.490 e. The molecule has 0 radical (unpaired) electrons. The highest BCUT2D eigenvalue weighted by Gasteiger charge is 2.31. The zero-order chi connectivity index (χ0) is 9.26. The maximum absolute atomic E-state index is 11.7. The number of hydrogen-bond acceptors (Lipinski definition) is 3. The van der Waals surface area contributed by atoms with E-state index in [0.29, 0.717) is 12.4 Å². The van der Waals surface area contributed by atoms with Gasteiger partial charge in [-0.15, -0.1) is 0 Å². The van der Waals surface area contributed by atoms with E-state index < -0.39 is 0 Å². The van der Waals surface area contributed by atoms with Gasteiger partial charge < -0.3 is 10.5 Å². The van der Waals surface area contributed by atoms with Crippen LogP contribution in [0.2, 0.25) is 0 Å². The molecule has 1 aliphatic heterocycles. The molecule has 1 heterocycles. The van der Waals surface area contributed by atoms with Gasteiger partial charge in [-0.3, -0.25) is 4.79 Å². The van der Waals surface area contributed by atoms with Crippen molar-refractivity contribution in [1.82, 2.24) is 0 Å². The molecule has 1 aliphatic carbocycles.